The van der Waals surface area contributed by atoms with Gasteiger partial charge in [-0.2, -0.15) is 0 Å². The van der Waals surface area contributed by atoms with Gasteiger partial charge in [-0.15, -0.1) is 0 Å². The number of carbonyl (C=O) groups is 3. The van der Waals surface area contributed by atoms with Gasteiger partial charge in [-0.3, -0.25) is 9.59 Å². The van der Waals surface area contributed by atoms with E-state index in [0.29, 0.717) is 0 Å². The van der Waals surface area contributed by atoms with Gasteiger partial charge in [-0.25, -0.2) is 9.18 Å². The molecule has 126 valence electrons. The van der Waals surface area contributed by atoms with Crippen molar-refractivity contribution in [3.05, 3.63) is 23.5 Å². The zero-order chi connectivity index (χ0) is 17.6. The van der Waals surface area contributed by atoms with Gasteiger partial charge in [0, 0.05) is 26.3 Å². The minimum atomic E-state index is -1.57. The van der Waals surface area contributed by atoms with Gasteiger partial charge in [-0.1, -0.05) is 0 Å². The van der Waals surface area contributed by atoms with Gasteiger partial charge >= 0.3 is 17.9 Å². The van der Waals surface area contributed by atoms with E-state index in [4.69, 9.17) is 9.47 Å². The van der Waals surface area contributed by atoms with Gasteiger partial charge in [0.15, 0.2) is 17.6 Å². The zero-order valence-corrected chi connectivity index (χ0v) is 12.9. The van der Waals surface area contributed by atoms with Crippen molar-refractivity contribution in [1.29, 1.82) is 0 Å². The SMILES string of the molecule is CCOC(=O)C(O)Cc1cc(OC(C)=O)c(OC(C)=O)cc1[18F]. The third kappa shape index (κ3) is 5.67. The molecule has 1 atom stereocenters. The fourth-order valence-corrected chi connectivity index (χ4v) is 1.73. The van der Waals surface area contributed by atoms with Gasteiger partial charge in [0.2, 0.25) is 0 Å². The lowest BCUT2D eigenvalue weighted by molar-refractivity contribution is -0.152. The first-order valence-corrected chi connectivity index (χ1v) is 6.78. The highest BCUT2D eigenvalue weighted by Gasteiger charge is 2.22. The second kappa shape index (κ2) is 8.23. The molecule has 23 heavy (non-hydrogen) atoms. The van der Waals surface area contributed by atoms with Crippen LogP contribution in [-0.4, -0.2) is 35.7 Å². The van der Waals surface area contributed by atoms with Crippen LogP contribution in [0.1, 0.15) is 26.3 Å². The number of hydrogen-bond donors (Lipinski definition) is 1. The molecule has 0 saturated heterocycles. The van der Waals surface area contributed by atoms with Crippen molar-refractivity contribution >= 4 is 17.9 Å². The topological polar surface area (TPSA) is 99.1 Å². The summed E-state index contributed by atoms with van der Waals surface area (Å²) < 4.78 is 28.3. The van der Waals surface area contributed by atoms with Crippen LogP contribution in [0.25, 0.3) is 0 Å². The first-order chi connectivity index (χ1) is 10.7. The highest BCUT2D eigenvalue weighted by atomic mass is 18.2. The van der Waals surface area contributed by atoms with Crippen molar-refractivity contribution in [1.82, 2.24) is 0 Å². The second-order valence-electron chi connectivity index (χ2n) is 4.55. The van der Waals surface area contributed by atoms with Gasteiger partial charge in [-0.05, 0) is 18.6 Å². The Morgan fingerprint density at radius 3 is 2.13 bits per heavy atom. The number of aliphatic hydroxyl groups excluding tert-OH is 1. The highest BCUT2D eigenvalue weighted by Crippen LogP contribution is 2.31. The van der Waals surface area contributed by atoms with E-state index < -0.39 is 29.8 Å². The number of carbonyl (C=O) groups excluding carboxylic acids is 3. The predicted octanol–water partition coefficient (Wildman–Crippen LogP) is 1.14. The lowest BCUT2D eigenvalue weighted by Crippen LogP contribution is -2.25. The number of esters is 3. The van der Waals surface area contributed by atoms with E-state index in [2.05, 4.69) is 4.74 Å². The molecule has 0 heterocycles. The molecule has 0 aromatic heterocycles. The minimum absolute atomic E-state index is 0.0719. The smallest absolute Gasteiger partial charge is 0.335 e. The van der Waals surface area contributed by atoms with E-state index in [1.54, 1.807) is 6.92 Å². The Bertz CT molecular complexity index is 612. The summed E-state index contributed by atoms with van der Waals surface area (Å²) in [5.74, 6) is -3.63. The maximum Gasteiger partial charge on any atom is 0.335 e. The molecule has 0 bridgehead atoms. The molecule has 0 radical (unpaired) electrons. The second-order valence-corrected chi connectivity index (χ2v) is 4.55. The molecule has 0 aliphatic carbocycles. The normalized spacial score (nSPS) is 11.5. The van der Waals surface area contributed by atoms with Crippen molar-refractivity contribution in [3.63, 3.8) is 0 Å². The van der Waals surface area contributed by atoms with Crippen LogP contribution in [0.3, 0.4) is 0 Å². The molecule has 1 unspecified atom stereocenters. The van der Waals surface area contributed by atoms with E-state index in [0.717, 1.165) is 26.0 Å². The summed E-state index contributed by atoms with van der Waals surface area (Å²) in [6.07, 6.45) is -1.96. The average molecular weight is 327 g/mol. The number of hydrogen-bond acceptors (Lipinski definition) is 7. The van der Waals surface area contributed by atoms with Crippen LogP contribution < -0.4 is 9.47 Å². The summed E-state index contributed by atoms with van der Waals surface area (Å²) in [5, 5.41) is 9.68. The largest absolute Gasteiger partial charge is 0.464 e. The van der Waals surface area contributed by atoms with Crippen LogP contribution in [0.15, 0.2) is 12.1 Å². The summed E-state index contributed by atoms with van der Waals surface area (Å²) in [6.45, 7) is 3.86. The van der Waals surface area contributed by atoms with Gasteiger partial charge in [0.25, 0.3) is 0 Å². The first kappa shape index (κ1) is 18.6. The standard InChI is InChI=1S/C15H17FO7/c1-4-21-15(20)12(19)5-10-6-13(22-8(2)17)14(7-11(10)16)23-9(3)18/h6-7,12,19H,4-5H2,1-3H3/i16-1. The number of ether oxygens (including phenoxy) is 3. The maximum atomic E-state index is 14.0. The van der Waals surface area contributed by atoms with Gasteiger partial charge in [0.1, 0.15) is 5.82 Å². The van der Waals surface area contributed by atoms with Crippen molar-refractivity contribution in [2.24, 2.45) is 0 Å². The molecule has 0 amide bonds. The Morgan fingerprint density at radius 1 is 1.13 bits per heavy atom. The van der Waals surface area contributed by atoms with Crippen LogP contribution in [0.4, 0.5) is 4.39 Å². The fourth-order valence-electron chi connectivity index (χ4n) is 1.73. The number of halogens is 1. The van der Waals surface area contributed by atoms with E-state index in [9.17, 15) is 23.9 Å². The Hall–Kier alpha value is -2.48. The fraction of sp³-hybridized carbons (Fsp3) is 0.400. The Morgan fingerprint density at radius 2 is 1.65 bits per heavy atom. The molecule has 0 fully saturated rings. The van der Waals surface area contributed by atoms with E-state index in [1.165, 1.54) is 0 Å². The Labute approximate surface area is 132 Å². The molecule has 1 aromatic carbocycles. The van der Waals surface area contributed by atoms with Crippen LogP contribution in [-0.2, 0) is 25.5 Å². The summed E-state index contributed by atoms with van der Waals surface area (Å²) in [5.41, 5.74) is -0.0993. The lowest BCUT2D eigenvalue weighted by Gasteiger charge is -2.14. The molecule has 1 N–H and O–H groups in total. The van der Waals surface area contributed by atoms with Crippen molar-refractivity contribution < 1.29 is 38.1 Å². The van der Waals surface area contributed by atoms with Crippen LogP contribution in [0.5, 0.6) is 11.5 Å². The predicted molar refractivity (Wildman–Crippen MR) is 75.4 cm³/mol. The summed E-state index contributed by atoms with van der Waals surface area (Å²) in [6, 6.07) is 1.92. The Kier molecular flexibility index (Phi) is 6.65. The molecule has 7 nitrogen and oxygen atoms in total. The van der Waals surface area contributed by atoms with E-state index in [1.807, 2.05) is 0 Å². The van der Waals surface area contributed by atoms with E-state index in [-0.39, 0.29) is 30.1 Å². The zero-order valence-electron chi connectivity index (χ0n) is 12.9. The molecule has 0 saturated carbocycles. The third-order valence-corrected chi connectivity index (χ3v) is 2.59. The summed E-state index contributed by atoms with van der Waals surface area (Å²) in [7, 11) is 0. The third-order valence-electron chi connectivity index (χ3n) is 2.59. The maximum absolute atomic E-state index is 14.0. The molecule has 1 rings (SSSR count). The van der Waals surface area contributed by atoms with Gasteiger partial charge < -0.3 is 19.3 Å². The molecule has 8 heteroatoms. The molecule has 1 aromatic rings. The average Bonchev–Trinajstić information content (AvgIpc) is 2.42. The van der Waals surface area contributed by atoms with Crippen molar-refractivity contribution in [3.8, 4) is 11.5 Å². The van der Waals surface area contributed by atoms with E-state index >= 15 is 0 Å². The molecular weight excluding hydrogens is 310 g/mol. The van der Waals surface area contributed by atoms with Crippen molar-refractivity contribution in [2.45, 2.75) is 33.3 Å². The monoisotopic (exact) mass is 327 g/mol. The quantitative estimate of drug-likeness (QED) is 0.618. The van der Waals surface area contributed by atoms with Crippen LogP contribution >= 0.6 is 0 Å². The molecule has 0 aliphatic rings. The van der Waals surface area contributed by atoms with Crippen LogP contribution in [0.2, 0.25) is 0 Å². The highest BCUT2D eigenvalue weighted by molar-refractivity contribution is 5.75. The lowest BCUT2D eigenvalue weighted by atomic mass is 10.1. The van der Waals surface area contributed by atoms with Gasteiger partial charge in [0.05, 0.1) is 6.61 Å². The molecular formula is C15H17FO7. The number of aliphatic hydroxyl groups is 1. The Balaban J connectivity index is 3.10. The summed E-state index contributed by atoms with van der Waals surface area (Å²) in [4.78, 5) is 33.5. The summed E-state index contributed by atoms with van der Waals surface area (Å²) >= 11 is 0. The van der Waals surface area contributed by atoms with Crippen LogP contribution in [0, 0.1) is 5.82 Å². The molecule has 0 aliphatic heterocycles. The first-order valence-electron chi connectivity index (χ1n) is 6.78. The number of rotatable bonds is 6. The molecule has 0 spiro atoms. The number of benzene rings is 1. The van der Waals surface area contributed by atoms with Crippen molar-refractivity contribution in [2.75, 3.05) is 6.61 Å². The minimum Gasteiger partial charge on any atom is -0.464 e.